The van der Waals surface area contributed by atoms with Crippen molar-refractivity contribution in [1.82, 2.24) is 9.80 Å². The molecule has 2 amide bonds. The number of fused-ring (bicyclic) bond motifs is 1. The zero-order chi connectivity index (χ0) is 28.6. The van der Waals surface area contributed by atoms with Crippen LogP contribution in [0.2, 0.25) is 0 Å². The summed E-state index contributed by atoms with van der Waals surface area (Å²) in [4.78, 5) is 47.3. The maximum atomic E-state index is 14.7. The van der Waals surface area contributed by atoms with E-state index in [4.69, 9.17) is 10.5 Å². The molecule has 4 fully saturated rings. The highest BCUT2D eigenvalue weighted by atomic mass is 16.5. The van der Waals surface area contributed by atoms with Crippen LogP contribution < -0.4 is 10.6 Å². The molecule has 1 aliphatic carbocycles. The first kappa shape index (κ1) is 29.1. The maximum Gasteiger partial charge on any atom is 0.249 e. The van der Waals surface area contributed by atoms with E-state index in [1.165, 1.54) is 0 Å². The van der Waals surface area contributed by atoms with Gasteiger partial charge in [-0.25, -0.2) is 0 Å². The van der Waals surface area contributed by atoms with E-state index >= 15 is 0 Å². The summed E-state index contributed by atoms with van der Waals surface area (Å²) in [6.07, 6.45) is 6.04. The molecular weight excluding hydrogens is 504 g/mol. The normalized spacial score (nSPS) is 27.2. The summed E-state index contributed by atoms with van der Waals surface area (Å²) < 4.78 is 6.00. The first-order chi connectivity index (χ1) is 19.1. The largest absolute Gasteiger partial charge is 0.369 e. The molecule has 1 saturated carbocycles. The maximum absolute atomic E-state index is 14.7. The molecule has 1 aromatic carbocycles. The first-order valence-electron chi connectivity index (χ1n) is 15.5. The number of anilines is 1. The third-order valence-corrected chi connectivity index (χ3v) is 9.88. The second kappa shape index (κ2) is 11.8. The summed E-state index contributed by atoms with van der Waals surface area (Å²) in [6.45, 7) is 14.2. The zero-order valence-electron chi connectivity index (χ0n) is 24.9. The van der Waals surface area contributed by atoms with Crippen molar-refractivity contribution in [3.8, 4) is 0 Å². The molecule has 5 rings (SSSR count). The van der Waals surface area contributed by atoms with Gasteiger partial charge in [-0.15, -0.1) is 0 Å². The number of rotatable bonds is 7. The second-order valence-corrected chi connectivity index (χ2v) is 13.5. The van der Waals surface area contributed by atoms with Crippen LogP contribution in [0.25, 0.3) is 0 Å². The van der Waals surface area contributed by atoms with E-state index in [1.807, 2.05) is 17.0 Å². The smallest absolute Gasteiger partial charge is 0.249 e. The highest BCUT2D eigenvalue weighted by Gasteiger charge is 2.56. The number of hydrogen-bond acceptors (Lipinski definition) is 6. The predicted octanol–water partition coefficient (Wildman–Crippen LogP) is 3.82. The fourth-order valence-corrected chi connectivity index (χ4v) is 7.66. The number of likely N-dealkylation sites (tertiary alicyclic amines) is 1. The van der Waals surface area contributed by atoms with Crippen LogP contribution in [0.5, 0.6) is 0 Å². The summed E-state index contributed by atoms with van der Waals surface area (Å²) in [7, 11) is 0. The van der Waals surface area contributed by atoms with Gasteiger partial charge >= 0.3 is 0 Å². The third-order valence-electron chi connectivity index (χ3n) is 9.88. The number of nitrogens with zero attached hydrogens (tertiary/aromatic N) is 3. The van der Waals surface area contributed by atoms with Crippen molar-refractivity contribution in [3.63, 3.8) is 0 Å². The van der Waals surface area contributed by atoms with Gasteiger partial charge in [0.2, 0.25) is 11.8 Å². The molecule has 40 heavy (non-hydrogen) atoms. The second-order valence-electron chi connectivity index (χ2n) is 13.5. The van der Waals surface area contributed by atoms with Crippen molar-refractivity contribution in [1.29, 1.82) is 0 Å². The van der Waals surface area contributed by atoms with Crippen LogP contribution in [0.15, 0.2) is 18.2 Å². The number of ketones is 1. The fourth-order valence-electron chi connectivity index (χ4n) is 7.66. The number of carbonyl (C=O) groups is 3. The van der Waals surface area contributed by atoms with Crippen molar-refractivity contribution < 1.29 is 19.1 Å². The topological polar surface area (TPSA) is 96.2 Å². The number of ether oxygens (including phenoxy) is 1. The van der Waals surface area contributed by atoms with Gasteiger partial charge in [-0.05, 0) is 60.9 Å². The highest BCUT2D eigenvalue weighted by molar-refractivity contribution is 5.99. The van der Waals surface area contributed by atoms with Crippen molar-refractivity contribution in [2.24, 2.45) is 23.0 Å². The van der Waals surface area contributed by atoms with E-state index in [0.717, 1.165) is 82.5 Å². The van der Waals surface area contributed by atoms with Gasteiger partial charge in [0.15, 0.2) is 5.78 Å². The lowest BCUT2D eigenvalue weighted by Crippen LogP contribution is -2.47. The van der Waals surface area contributed by atoms with Crippen LogP contribution in [0.3, 0.4) is 0 Å². The van der Waals surface area contributed by atoms with Gasteiger partial charge in [-0.2, -0.15) is 0 Å². The van der Waals surface area contributed by atoms with Gasteiger partial charge in [-0.1, -0.05) is 47.0 Å². The molecule has 3 saturated heterocycles. The molecule has 3 heterocycles. The molecule has 220 valence electrons. The van der Waals surface area contributed by atoms with Crippen LogP contribution in [0.4, 0.5) is 5.69 Å². The van der Waals surface area contributed by atoms with Crippen LogP contribution in [0, 0.1) is 17.3 Å². The van der Waals surface area contributed by atoms with Crippen LogP contribution >= 0.6 is 0 Å². The molecule has 0 bridgehead atoms. The van der Waals surface area contributed by atoms with Crippen LogP contribution in [-0.4, -0.2) is 85.4 Å². The molecular formula is C32H48N4O4. The summed E-state index contributed by atoms with van der Waals surface area (Å²) in [5.74, 6) is -0.880. The van der Waals surface area contributed by atoms with Crippen LogP contribution in [-0.2, 0) is 14.3 Å². The predicted molar refractivity (Wildman–Crippen MR) is 156 cm³/mol. The molecule has 2 N–H and O–H groups in total. The number of carbonyl (C=O) groups excluding carboxylic acids is 3. The van der Waals surface area contributed by atoms with Crippen LogP contribution in [0.1, 0.15) is 88.1 Å². The Labute approximate surface area is 239 Å². The molecule has 1 aromatic rings. The Bertz CT molecular complexity index is 1100. The van der Waals surface area contributed by atoms with Gasteiger partial charge in [0.05, 0.1) is 12.0 Å². The van der Waals surface area contributed by atoms with Gasteiger partial charge in [0.25, 0.3) is 0 Å². The fraction of sp³-hybridized carbons (Fsp3) is 0.719. The summed E-state index contributed by atoms with van der Waals surface area (Å²) in [6, 6.07) is 5.32. The Morgan fingerprint density at radius 1 is 1.07 bits per heavy atom. The number of Topliss-reactive ketones (excluding diaryl/α,β-unsaturated/α-hetero) is 1. The third kappa shape index (κ3) is 5.67. The Balaban J connectivity index is 1.52. The lowest BCUT2D eigenvalue weighted by atomic mass is 9.74. The molecule has 8 heteroatoms. The van der Waals surface area contributed by atoms with Crippen molar-refractivity contribution in [2.75, 3.05) is 50.8 Å². The van der Waals surface area contributed by atoms with Crippen molar-refractivity contribution in [3.05, 3.63) is 29.3 Å². The van der Waals surface area contributed by atoms with Crippen molar-refractivity contribution >= 4 is 23.3 Å². The number of amides is 2. The Morgan fingerprint density at radius 3 is 2.40 bits per heavy atom. The summed E-state index contributed by atoms with van der Waals surface area (Å²) >= 11 is 0. The van der Waals surface area contributed by atoms with E-state index in [-0.39, 0.29) is 41.7 Å². The quantitative estimate of drug-likeness (QED) is 0.553. The minimum absolute atomic E-state index is 0.0127. The number of primary amides is 1. The molecule has 0 radical (unpaired) electrons. The molecule has 4 atom stereocenters. The number of nitrogens with two attached hydrogens (primary N) is 1. The zero-order valence-corrected chi connectivity index (χ0v) is 24.9. The number of hydrogen-bond donors (Lipinski definition) is 1. The Kier molecular flexibility index (Phi) is 8.58. The van der Waals surface area contributed by atoms with Gasteiger partial charge in [-0.3, -0.25) is 19.3 Å². The average molecular weight is 553 g/mol. The van der Waals surface area contributed by atoms with Gasteiger partial charge in [0.1, 0.15) is 12.6 Å². The van der Waals surface area contributed by atoms with Gasteiger partial charge in [0, 0.05) is 49.9 Å². The first-order valence-corrected chi connectivity index (χ1v) is 15.5. The number of benzene rings is 1. The lowest BCUT2D eigenvalue weighted by molar-refractivity contribution is -0.139. The number of piperazine rings is 1. The van der Waals surface area contributed by atoms with E-state index in [2.05, 4.69) is 43.6 Å². The molecule has 0 spiro atoms. The molecule has 4 aliphatic rings. The standard InChI is InChI=1S/C32H48N4O4/c1-5-13-34-14-16-35(17-15-34)22-11-12-23(30(33)38)24(18-22)27(21-9-7-6-8-10-21)31(39)36-19-25(32(2,3)4)29-28(36)26(37)20-40-29/h11-12,18,21,25,27-29H,5-10,13-17,19-20H2,1-4H3,(H2,33,38)/t25-,27-,28+,29+/m0/s1. The van der Waals surface area contributed by atoms with E-state index in [9.17, 15) is 14.4 Å². The van der Waals surface area contributed by atoms with Gasteiger partial charge < -0.3 is 20.3 Å². The lowest BCUT2D eigenvalue weighted by Gasteiger charge is -2.38. The summed E-state index contributed by atoms with van der Waals surface area (Å²) in [5, 5.41) is 0. The molecule has 8 nitrogen and oxygen atoms in total. The van der Waals surface area contributed by atoms with Crippen molar-refractivity contribution in [2.45, 2.75) is 84.3 Å². The Hall–Kier alpha value is -2.45. The summed E-state index contributed by atoms with van der Waals surface area (Å²) in [5.41, 5.74) is 8.03. The SMILES string of the molecule is CCCN1CCN(c2ccc(C(N)=O)c([C@@H](C(=O)N3C[C@H](C(C)(C)C)[C@H]4OCC(=O)[C@H]43)C3CCCCC3)c2)CC1. The van der Waals surface area contributed by atoms with E-state index in [0.29, 0.717) is 12.1 Å². The van der Waals surface area contributed by atoms with E-state index < -0.39 is 17.9 Å². The molecule has 3 aliphatic heterocycles. The Morgan fingerprint density at radius 2 is 1.77 bits per heavy atom. The minimum atomic E-state index is -0.547. The molecule has 0 aromatic heterocycles. The monoisotopic (exact) mass is 552 g/mol. The van der Waals surface area contributed by atoms with E-state index in [1.54, 1.807) is 0 Å². The minimum Gasteiger partial charge on any atom is -0.369 e. The average Bonchev–Trinajstić information content (AvgIpc) is 3.50. The molecule has 0 unspecified atom stereocenters. The highest BCUT2D eigenvalue weighted by Crippen LogP contribution is 2.45.